The van der Waals surface area contributed by atoms with E-state index in [9.17, 15) is 14.7 Å². The largest absolute Gasteiger partial charge is 0.507 e. The monoisotopic (exact) mass is 376 g/mol. The highest BCUT2D eigenvalue weighted by atomic mass is 16.5. The number of carbonyl (C=O) groups excluding carboxylic acids is 2. The van der Waals surface area contributed by atoms with Crippen LogP contribution in [-0.2, 0) is 0 Å². The third-order valence-corrected chi connectivity index (χ3v) is 4.50. The van der Waals surface area contributed by atoms with Gasteiger partial charge in [-0.15, -0.1) is 0 Å². The van der Waals surface area contributed by atoms with Gasteiger partial charge in [0.15, 0.2) is 11.6 Å². The fraction of sp³-hybridized carbons (Fsp3) is 0.130. The van der Waals surface area contributed by atoms with Gasteiger partial charge in [-0.05, 0) is 48.0 Å². The summed E-state index contributed by atoms with van der Waals surface area (Å²) in [6.07, 6.45) is 0. The summed E-state index contributed by atoms with van der Waals surface area (Å²) in [5.74, 6) is -1.11. The predicted molar refractivity (Wildman–Crippen MR) is 105 cm³/mol. The fourth-order valence-electron chi connectivity index (χ4n) is 2.98. The molecule has 5 heteroatoms. The number of ketones is 2. The van der Waals surface area contributed by atoms with Gasteiger partial charge in [-0.1, -0.05) is 30.3 Å². The number of ether oxygens (including phenoxy) is 2. The lowest BCUT2D eigenvalue weighted by Crippen LogP contribution is -2.22. The van der Waals surface area contributed by atoms with E-state index in [1.807, 2.05) is 6.07 Å². The van der Waals surface area contributed by atoms with Gasteiger partial charge in [-0.25, -0.2) is 0 Å². The molecule has 1 atom stereocenters. The van der Waals surface area contributed by atoms with E-state index in [0.29, 0.717) is 22.6 Å². The van der Waals surface area contributed by atoms with Crippen LogP contribution < -0.4 is 9.47 Å². The van der Waals surface area contributed by atoms with Crippen molar-refractivity contribution in [3.8, 4) is 17.2 Å². The number of phenolic OH excluding ortho intramolecular Hbond substituents is 1. The first-order valence-electron chi connectivity index (χ1n) is 8.69. The zero-order valence-electron chi connectivity index (χ0n) is 15.6. The number of carbonyl (C=O) groups is 2. The molecule has 1 N–H and O–H groups in total. The summed E-state index contributed by atoms with van der Waals surface area (Å²) in [6.45, 7) is 0. The van der Waals surface area contributed by atoms with Gasteiger partial charge in [-0.2, -0.15) is 0 Å². The van der Waals surface area contributed by atoms with Gasteiger partial charge in [0.2, 0.25) is 0 Å². The minimum atomic E-state index is -1.09. The Morgan fingerprint density at radius 2 is 1.39 bits per heavy atom. The van der Waals surface area contributed by atoms with Crippen LogP contribution in [0.15, 0.2) is 72.8 Å². The van der Waals surface area contributed by atoms with Crippen molar-refractivity contribution in [2.45, 2.75) is 5.92 Å². The van der Waals surface area contributed by atoms with Crippen LogP contribution >= 0.6 is 0 Å². The second kappa shape index (κ2) is 8.39. The third kappa shape index (κ3) is 3.88. The highest BCUT2D eigenvalue weighted by Gasteiger charge is 2.32. The van der Waals surface area contributed by atoms with E-state index >= 15 is 0 Å². The molecule has 28 heavy (non-hydrogen) atoms. The van der Waals surface area contributed by atoms with Crippen LogP contribution in [0.1, 0.15) is 32.2 Å². The zero-order valence-corrected chi connectivity index (χ0v) is 15.6. The second-order valence-corrected chi connectivity index (χ2v) is 6.18. The summed E-state index contributed by atoms with van der Waals surface area (Å²) in [5.41, 5.74) is 0.969. The first kappa shape index (κ1) is 19.2. The maximum atomic E-state index is 13.3. The van der Waals surface area contributed by atoms with Gasteiger partial charge >= 0.3 is 0 Å². The van der Waals surface area contributed by atoms with Crippen molar-refractivity contribution >= 4 is 11.6 Å². The molecule has 0 aliphatic carbocycles. The third-order valence-electron chi connectivity index (χ3n) is 4.50. The highest BCUT2D eigenvalue weighted by molar-refractivity contribution is 6.20. The Kier molecular flexibility index (Phi) is 5.75. The second-order valence-electron chi connectivity index (χ2n) is 6.18. The Hall–Kier alpha value is -3.60. The summed E-state index contributed by atoms with van der Waals surface area (Å²) >= 11 is 0. The average Bonchev–Trinajstić information content (AvgIpc) is 2.75. The normalized spacial score (nSPS) is 11.5. The van der Waals surface area contributed by atoms with E-state index in [1.165, 1.54) is 19.2 Å². The lowest BCUT2D eigenvalue weighted by molar-refractivity contribution is 0.0859. The van der Waals surface area contributed by atoms with Crippen molar-refractivity contribution in [2.75, 3.05) is 14.2 Å². The van der Waals surface area contributed by atoms with Crippen molar-refractivity contribution in [1.29, 1.82) is 0 Å². The molecule has 0 amide bonds. The predicted octanol–water partition coefficient (Wildman–Crippen LogP) is 4.26. The molecule has 0 aliphatic rings. The molecule has 1 unspecified atom stereocenters. The molecule has 0 aliphatic heterocycles. The summed E-state index contributed by atoms with van der Waals surface area (Å²) in [7, 11) is 3.01. The molecule has 0 radical (unpaired) electrons. The molecule has 0 bridgehead atoms. The zero-order chi connectivity index (χ0) is 20.1. The van der Waals surface area contributed by atoms with Crippen LogP contribution in [0.2, 0.25) is 0 Å². The molecule has 3 aromatic rings. The quantitative estimate of drug-likeness (QED) is 0.493. The number of benzene rings is 3. The van der Waals surface area contributed by atoms with Crippen LogP contribution in [-0.4, -0.2) is 30.9 Å². The minimum Gasteiger partial charge on any atom is -0.507 e. The van der Waals surface area contributed by atoms with Gasteiger partial charge in [-0.3, -0.25) is 9.59 Å². The molecular weight excluding hydrogens is 356 g/mol. The van der Waals surface area contributed by atoms with Crippen molar-refractivity contribution in [2.24, 2.45) is 0 Å². The van der Waals surface area contributed by atoms with Crippen LogP contribution in [0.3, 0.4) is 0 Å². The Balaban J connectivity index is 2.07. The topological polar surface area (TPSA) is 72.8 Å². The molecule has 5 nitrogen and oxygen atoms in total. The van der Waals surface area contributed by atoms with Gasteiger partial charge in [0.05, 0.1) is 19.8 Å². The van der Waals surface area contributed by atoms with Crippen LogP contribution in [0.5, 0.6) is 17.2 Å². The molecule has 3 aromatic carbocycles. The maximum absolute atomic E-state index is 13.3. The molecule has 0 saturated carbocycles. The Bertz CT molecular complexity index is 978. The van der Waals surface area contributed by atoms with Gasteiger partial charge in [0.25, 0.3) is 0 Å². The highest BCUT2D eigenvalue weighted by Crippen LogP contribution is 2.31. The van der Waals surface area contributed by atoms with E-state index in [1.54, 1.807) is 61.7 Å². The summed E-state index contributed by atoms with van der Waals surface area (Å²) < 4.78 is 10.3. The lowest BCUT2D eigenvalue weighted by Gasteiger charge is -2.17. The van der Waals surface area contributed by atoms with Crippen LogP contribution in [0.25, 0.3) is 0 Å². The standard InChI is InChI=1S/C23H20O5/c1-27-17-10-8-16(9-11-17)22(25)21(15-6-4-3-5-7-15)23(26)19-14-18(28-2)12-13-20(19)24/h3-14,21,24H,1-2H3. The van der Waals surface area contributed by atoms with E-state index < -0.39 is 11.7 Å². The van der Waals surface area contributed by atoms with Gasteiger partial charge in [0, 0.05) is 5.56 Å². The van der Waals surface area contributed by atoms with Gasteiger partial charge < -0.3 is 14.6 Å². The summed E-state index contributed by atoms with van der Waals surface area (Å²) in [4.78, 5) is 26.6. The van der Waals surface area contributed by atoms with Crippen molar-refractivity contribution in [3.63, 3.8) is 0 Å². The Morgan fingerprint density at radius 3 is 2.00 bits per heavy atom. The van der Waals surface area contributed by atoms with Gasteiger partial charge in [0.1, 0.15) is 23.2 Å². The number of rotatable bonds is 7. The number of hydrogen-bond donors (Lipinski definition) is 1. The van der Waals surface area contributed by atoms with Crippen LogP contribution in [0, 0.1) is 0 Å². The molecular formula is C23H20O5. The fourth-order valence-corrected chi connectivity index (χ4v) is 2.98. The lowest BCUT2D eigenvalue weighted by atomic mass is 9.84. The van der Waals surface area contributed by atoms with Crippen molar-refractivity contribution in [3.05, 3.63) is 89.5 Å². The molecule has 0 saturated heterocycles. The number of Topliss-reactive ketones (excluding diaryl/α,β-unsaturated/α-hetero) is 2. The summed E-state index contributed by atoms with van der Waals surface area (Å²) in [6, 6.07) is 19.7. The first-order chi connectivity index (χ1) is 13.5. The van der Waals surface area contributed by atoms with E-state index in [-0.39, 0.29) is 17.1 Å². The molecule has 3 rings (SSSR count). The van der Waals surface area contributed by atoms with E-state index in [2.05, 4.69) is 0 Å². The Morgan fingerprint density at radius 1 is 0.786 bits per heavy atom. The number of phenols is 1. The number of aromatic hydroxyl groups is 1. The summed E-state index contributed by atoms with van der Waals surface area (Å²) in [5, 5.41) is 10.2. The molecule has 0 spiro atoms. The van der Waals surface area contributed by atoms with E-state index in [0.717, 1.165) is 0 Å². The number of methoxy groups -OCH3 is 2. The van der Waals surface area contributed by atoms with E-state index in [4.69, 9.17) is 9.47 Å². The van der Waals surface area contributed by atoms with Crippen molar-refractivity contribution < 1.29 is 24.2 Å². The number of hydrogen-bond acceptors (Lipinski definition) is 5. The molecule has 0 fully saturated rings. The Labute approximate surface area is 163 Å². The maximum Gasteiger partial charge on any atom is 0.181 e. The minimum absolute atomic E-state index is 0.0371. The molecule has 142 valence electrons. The van der Waals surface area contributed by atoms with Crippen molar-refractivity contribution in [1.82, 2.24) is 0 Å². The molecule has 0 heterocycles. The average molecular weight is 376 g/mol. The SMILES string of the molecule is COc1ccc(C(=O)C(C(=O)c2cc(OC)ccc2O)c2ccccc2)cc1. The van der Waals surface area contributed by atoms with Crippen LogP contribution in [0.4, 0.5) is 0 Å². The molecule has 0 aromatic heterocycles. The first-order valence-corrected chi connectivity index (χ1v) is 8.69. The smallest absolute Gasteiger partial charge is 0.181 e.